The van der Waals surface area contributed by atoms with Crippen LogP contribution in [0.5, 0.6) is 5.75 Å². The number of rotatable bonds is 3. The van der Waals surface area contributed by atoms with Crippen molar-refractivity contribution in [2.24, 2.45) is 0 Å². The zero-order valence-corrected chi connectivity index (χ0v) is 11.9. The molecule has 2 aliphatic rings. The lowest BCUT2D eigenvalue weighted by Crippen LogP contribution is -2.39. The van der Waals surface area contributed by atoms with Crippen molar-refractivity contribution < 1.29 is 9.53 Å². The molecule has 0 aromatic heterocycles. The molecular weight excluding hydrogens is 278 g/mol. The molecule has 1 amide bonds. The largest absolute Gasteiger partial charge is 0.482 e. The summed E-state index contributed by atoms with van der Waals surface area (Å²) >= 11 is 6.24. The number of amides is 1. The Labute approximate surface area is 123 Å². The first kappa shape index (κ1) is 13.5. The number of benzene rings is 1. The maximum atomic E-state index is 11.3. The third-order valence-electron chi connectivity index (χ3n) is 3.65. The predicted octanol–water partition coefficient (Wildman–Crippen LogP) is 2.22. The molecule has 20 heavy (non-hydrogen) atoms. The maximum Gasteiger partial charge on any atom is 0.262 e. The lowest BCUT2D eigenvalue weighted by Gasteiger charge is -2.25. The first-order valence-electron chi connectivity index (χ1n) is 6.96. The third-order valence-corrected chi connectivity index (χ3v) is 3.97. The van der Waals surface area contributed by atoms with Crippen molar-refractivity contribution in [3.8, 4) is 5.75 Å². The third kappa shape index (κ3) is 2.99. The number of hydrogen-bond acceptors (Lipinski definition) is 4. The lowest BCUT2D eigenvalue weighted by atomic mass is 10.1. The number of halogens is 1. The molecule has 0 aliphatic carbocycles. The second kappa shape index (κ2) is 5.89. The Bertz CT molecular complexity index is 515. The van der Waals surface area contributed by atoms with Gasteiger partial charge in [0.05, 0.1) is 16.4 Å². The van der Waals surface area contributed by atoms with E-state index in [1.807, 2.05) is 6.07 Å². The molecule has 0 spiro atoms. The Hall–Kier alpha value is -1.46. The van der Waals surface area contributed by atoms with Crippen molar-refractivity contribution in [2.45, 2.75) is 25.3 Å². The minimum atomic E-state index is -0.152. The summed E-state index contributed by atoms with van der Waals surface area (Å²) in [6.45, 7) is 1.97. The molecule has 108 valence electrons. The van der Waals surface area contributed by atoms with E-state index in [1.54, 1.807) is 6.07 Å². The van der Waals surface area contributed by atoms with Gasteiger partial charge in [-0.25, -0.2) is 0 Å². The van der Waals surface area contributed by atoms with E-state index in [0.717, 1.165) is 18.8 Å². The van der Waals surface area contributed by atoms with Crippen LogP contribution >= 0.6 is 11.6 Å². The highest BCUT2D eigenvalue weighted by Crippen LogP contribution is 2.36. The molecule has 3 N–H and O–H groups in total. The van der Waals surface area contributed by atoms with Crippen LogP contribution in [0.3, 0.4) is 0 Å². The molecule has 6 heteroatoms. The predicted molar refractivity (Wildman–Crippen MR) is 79.7 cm³/mol. The second-order valence-electron chi connectivity index (χ2n) is 5.19. The van der Waals surface area contributed by atoms with E-state index in [4.69, 9.17) is 16.3 Å². The van der Waals surface area contributed by atoms with Gasteiger partial charge in [0.25, 0.3) is 5.91 Å². The van der Waals surface area contributed by atoms with Gasteiger partial charge < -0.3 is 20.7 Å². The molecule has 1 fully saturated rings. The van der Waals surface area contributed by atoms with Crippen LogP contribution in [0.1, 0.15) is 19.3 Å². The van der Waals surface area contributed by atoms with E-state index in [-0.39, 0.29) is 12.5 Å². The zero-order chi connectivity index (χ0) is 13.9. The van der Waals surface area contributed by atoms with E-state index < -0.39 is 0 Å². The van der Waals surface area contributed by atoms with Crippen LogP contribution in [0.2, 0.25) is 5.02 Å². The van der Waals surface area contributed by atoms with E-state index in [9.17, 15) is 4.79 Å². The molecule has 3 rings (SSSR count). The number of hydrogen-bond donors (Lipinski definition) is 3. The van der Waals surface area contributed by atoms with Gasteiger partial charge in [0, 0.05) is 18.7 Å². The van der Waals surface area contributed by atoms with E-state index in [2.05, 4.69) is 16.0 Å². The fourth-order valence-corrected chi connectivity index (χ4v) is 2.80. The van der Waals surface area contributed by atoms with Crippen molar-refractivity contribution in [3.63, 3.8) is 0 Å². The van der Waals surface area contributed by atoms with Gasteiger partial charge in [-0.2, -0.15) is 0 Å². The van der Waals surface area contributed by atoms with Crippen LogP contribution in [-0.2, 0) is 4.79 Å². The van der Waals surface area contributed by atoms with Gasteiger partial charge in [-0.05, 0) is 25.5 Å². The molecule has 1 atom stereocenters. The Morgan fingerprint density at radius 3 is 3.10 bits per heavy atom. The summed E-state index contributed by atoms with van der Waals surface area (Å²) in [5.74, 6) is 0.508. The number of fused-ring (bicyclic) bond motifs is 1. The average molecular weight is 296 g/mol. The summed E-state index contributed by atoms with van der Waals surface area (Å²) in [5, 5.41) is 10.2. The van der Waals surface area contributed by atoms with E-state index in [0.29, 0.717) is 22.5 Å². The van der Waals surface area contributed by atoms with Crippen LogP contribution in [0.4, 0.5) is 11.4 Å². The monoisotopic (exact) mass is 295 g/mol. The smallest absolute Gasteiger partial charge is 0.262 e. The van der Waals surface area contributed by atoms with Gasteiger partial charge in [-0.15, -0.1) is 0 Å². The molecule has 0 radical (unpaired) electrons. The van der Waals surface area contributed by atoms with Crippen LogP contribution in [0.15, 0.2) is 12.1 Å². The van der Waals surface area contributed by atoms with Crippen molar-refractivity contribution in [3.05, 3.63) is 17.2 Å². The molecular formula is C14H18ClN3O2. The SMILES string of the molecule is O=C1COc2cc(NCC3CCCCN3)c(Cl)cc2N1. The standard InChI is InChI=1S/C14H18ClN3O2/c15-10-5-12-13(20-8-14(19)18-12)6-11(10)17-7-9-3-1-2-4-16-9/h5-6,9,16-17H,1-4,7-8H2,(H,18,19). The van der Waals surface area contributed by atoms with E-state index >= 15 is 0 Å². The van der Waals surface area contributed by atoms with Crippen molar-refractivity contribution in [2.75, 3.05) is 30.3 Å². The Morgan fingerprint density at radius 2 is 2.30 bits per heavy atom. The fourth-order valence-electron chi connectivity index (χ4n) is 2.57. The molecule has 1 unspecified atom stereocenters. The number of piperidine rings is 1. The zero-order valence-electron chi connectivity index (χ0n) is 11.2. The highest BCUT2D eigenvalue weighted by atomic mass is 35.5. The summed E-state index contributed by atoms with van der Waals surface area (Å²) in [4.78, 5) is 11.3. The normalized spacial score (nSPS) is 21.6. The highest BCUT2D eigenvalue weighted by molar-refractivity contribution is 6.33. The fraction of sp³-hybridized carbons (Fsp3) is 0.500. The maximum absolute atomic E-state index is 11.3. The molecule has 2 heterocycles. The van der Waals surface area contributed by atoms with Gasteiger partial charge >= 0.3 is 0 Å². The summed E-state index contributed by atoms with van der Waals surface area (Å²) in [5.41, 5.74) is 1.47. The minimum Gasteiger partial charge on any atom is -0.482 e. The topological polar surface area (TPSA) is 62.4 Å². The number of ether oxygens (including phenoxy) is 1. The highest BCUT2D eigenvalue weighted by Gasteiger charge is 2.19. The van der Waals surface area contributed by atoms with Crippen molar-refractivity contribution in [1.29, 1.82) is 0 Å². The molecule has 1 aromatic carbocycles. The number of carbonyl (C=O) groups excluding carboxylic acids is 1. The van der Waals surface area contributed by atoms with Crippen LogP contribution in [0.25, 0.3) is 0 Å². The molecule has 1 aromatic rings. The average Bonchev–Trinajstić information content (AvgIpc) is 2.46. The Balaban J connectivity index is 1.68. The van der Waals surface area contributed by atoms with Crippen LogP contribution in [0, 0.1) is 0 Å². The Kier molecular flexibility index (Phi) is 3.98. The molecule has 0 saturated carbocycles. The van der Waals surface area contributed by atoms with Gasteiger partial charge in [0.15, 0.2) is 6.61 Å². The van der Waals surface area contributed by atoms with Crippen LogP contribution < -0.4 is 20.7 Å². The van der Waals surface area contributed by atoms with Crippen LogP contribution in [-0.4, -0.2) is 31.6 Å². The number of anilines is 2. The molecule has 2 aliphatic heterocycles. The summed E-state index contributed by atoms with van der Waals surface area (Å²) in [6.07, 6.45) is 3.71. The first-order chi connectivity index (χ1) is 9.72. The summed E-state index contributed by atoms with van der Waals surface area (Å²) < 4.78 is 5.40. The quantitative estimate of drug-likeness (QED) is 0.800. The minimum absolute atomic E-state index is 0.0538. The van der Waals surface area contributed by atoms with Gasteiger partial charge in [0.1, 0.15) is 5.75 Å². The summed E-state index contributed by atoms with van der Waals surface area (Å²) in [7, 11) is 0. The van der Waals surface area contributed by atoms with Gasteiger partial charge in [-0.1, -0.05) is 18.0 Å². The molecule has 1 saturated heterocycles. The lowest BCUT2D eigenvalue weighted by molar-refractivity contribution is -0.118. The van der Waals surface area contributed by atoms with Gasteiger partial charge in [-0.3, -0.25) is 4.79 Å². The van der Waals surface area contributed by atoms with Crippen molar-refractivity contribution in [1.82, 2.24) is 5.32 Å². The molecule has 0 bridgehead atoms. The van der Waals surface area contributed by atoms with Gasteiger partial charge in [0.2, 0.25) is 0 Å². The number of carbonyl (C=O) groups is 1. The van der Waals surface area contributed by atoms with Crippen molar-refractivity contribution >= 4 is 28.9 Å². The number of nitrogens with one attached hydrogen (secondary N) is 3. The Morgan fingerprint density at radius 1 is 1.40 bits per heavy atom. The summed E-state index contributed by atoms with van der Waals surface area (Å²) in [6, 6.07) is 4.06. The molecule has 5 nitrogen and oxygen atoms in total. The first-order valence-corrected chi connectivity index (χ1v) is 7.33. The second-order valence-corrected chi connectivity index (χ2v) is 5.60. The van der Waals surface area contributed by atoms with E-state index in [1.165, 1.54) is 19.3 Å².